The van der Waals surface area contributed by atoms with Crippen LogP contribution in [0.5, 0.6) is 0 Å². The van der Waals surface area contributed by atoms with Gasteiger partial charge in [0.15, 0.2) is 0 Å². The lowest BCUT2D eigenvalue weighted by Gasteiger charge is -2.01. The van der Waals surface area contributed by atoms with E-state index in [9.17, 15) is 4.79 Å². The number of fused-ring (bicyclic) bond motifs is 1. The van der Waals surface area contributed by atoms with Crippen molar-refractivity contribution >= 4 is 16.9 Å². The van der Waals surface area contributed by atoms with Crippen LogP contribution in [-0.4, -0.2) is 12.5 Å². The van der Waals surface area contributed by atoms with Crippen LogP contribution in [0.15, 0.2) is 34.9 Å². The van der Waals surface area contributed by atoms with Crippen LogP contribution in [0.25, 0.3) is 11.0 Å². The Morgan fingerprint density at radius 2 is 2.24 bits per heavy atom. The Balaban J connectivity index is 2.07. The van der Waals surface area contributed by atoms with Crippen LogP contribution < -0.4 is 5.32 Å². The van der Waals surface area contributed by atoms with E-state index >= 15 is 0 Å². The predicted octanol–water partition coefficient (Wildman–Crippen LogP) is 2.47. The molecule has 0 aliphatic heterocycles. The summed E-state index contributed by atoms with van der Waals surface area (Å²) in [5.74, 6) is -0.159. The van der Waals surface area contributed by atoms with E-state index in [-0.39, 0.29) is 5.91 Å². The van der Waals surface area contributed by atoms with Crippen molar-refractivity contribution in [2.75, 3.05) is 6.54 Å². The molecule has 4 nitrogen and oxygen atoms in total. The lowest BCUT2D eigenvalue weighted by Crippen LogP contribution is -2.24. The third-order valence-electron chi connectivity index (χ3n) is 2.48. The summed E-state index contributed by atoms with van der Waals surface area (Å²) in [5.41, 5.74) is 1.24. The van der Waals surface area contributed by atoms with Gasteiger partial charge < -0.3 is 9.73 Å². The summed E-state index contributed by atoms with van der Waals surface area (Å²) in [6.07, 6.45) is 2.58. The van der Waals surface area contributed by atoms with Gasteiger partial charge in [0.1, 0.15) is 11.8 Å². The lowest BCUT2D eigenvalue weighted by molar-refractivity contribution is 0.0954. The minimum Gasteiger partial charge on any atom is -0.463 e. The molecule has 0 saturated carbocycles. The first-order valence-electron chi connectivity index (χ1n) is 5.44. The molecule has 0 spiro atoms. The standard InChI is InChI=1S/C13H12N2O2/c14-7-3-4-8-15-13(16)11-9-17-12-6-2-1-5-10(11)12/h1-2,5-6,9H,3-4,8H2,(H,15,16). The highest BCUT2D eigenvalue weighted by Gasteiger charge is 2.12. The minimum atomic E-state index is -0.159. The Bertz CT molecular complexity index is 566. The molecular weight excluding hydrogens is 216 g/mol. The van der Waals surface area contributed by atoms with Crippen molar-refractivity contribution in [3.05, 3.63) is 36.1 Å². The van der Waals surface area contributed by atoms with Gasteiger partial charge in [0.25, 0.3) is 5.91 Å². The van der Waals surface area contributed by atoms with Gasteiger partial charge in [0.05, 0.1) is 11.6 Å². The van der Waals surface area contributed by atoms with Gasteiger partial charge in [-0.1, -0.05) is 18.2 Å². The van der Waals surface area contributed by atoms with Crippen molar-refractivity contribution in [3.63, 3.8) is 0 Å². The number of carbonyl (C=O) groups excluding carboxylic acids is 1. The lowest BCUT2D eigenvalue weighted by atomic mass is 10.1. The van der Waals surface area contributed by atoms with Crippen LogP contribution in [-0.2, 0) is 0 Å². The zero-order valence-electron chi connectivity index (χ0n) is 9.27. The first kappa shape index (κ1) is 11.2. The van der Waals surface area contributed by atoms with Crippen LogP contribution in [0.2, 0.25) is 0 Å². The maximum Gasteiger partial charge on any atom is 0.255 e. The zero-order valence-corrected chi connectivity index (χ0v) is 9.27. The van der Waals surface area contributed by atoms with Crippen molar-refractivity contribution in [2.45, 2.75) is 12.8 Å². The summed E-state index contributed by atoms with van der Waals surface area (Å²) in [6.45, 7) is 0.506. The Hall–Kier alpha value is -2.28. The van der Waals surface area contributed by atoms with Crippen molar-refractivity contribution in [1.82, 2.24) is 5.32 Å². The molecule has 1 aromatic carbocycles. The molecule has 1 N–H and O–H groups in total. The molecule has 1 heterocycles. The van der Waals surface area contributed by atoms with E-state index < -0.39 is 0 Å². The summed E-state index contributed by atoms with van der Waals surface area (Å²) in [4.78, 5) is 11.8. The van der Waals surface area contributed by atoms with E-state index in [1.54, 1.807) is 0 Å². The molecule has 4 heteroatoms. The third-order valence-corrected chi connectivity index (χ3v) is 2.48. The average Bonchev–Trinajstić information content (AvgIpc) is 2.78. The highest BCUT2D eigenvalue weighted by atomic mass is 16.3. The summed E-state index contributed by atoms with van der Waals surface area (Å²) < 4.78 is 5.28. The van der Waals surface area contributed by atoms with E-state index in [1.807, 2.05) is 30.3 Å². The van der Waals surface area contributed by atoms with Gasteiger partial charge in [-0.3, -0.25) is 4.79 Å². The number of carbonyl (C=O) groups is 1. The average molecular weight is 228 g/mol. The summed E-state index contributed by atoms with van der Waals surface area (Å²) in [6, 6.07) is 9.43. The smallest absolute Gasteiger partial charge is 0.255 e. The van der Waals surface area contributed by atoms with E-state index in [0.717, 1.165) is 5.39 Å². The van der Waals surface area contributed by atoms with E-state index in [4.69, 9.17) is 9.68 Å². The fraction of sp³-hybridized carbons (Fsp3) is 0.231. The third kappa shape index (κ3) is 2.45. The highest BCUT2D eigenvalue weighted by molar-refractivity contribution is 6.05. The number of hydrogen-bond acceptors (Lipinski definition) is 3. The van der Waals surface area contributed by atoms with Gasteiger partial charge in [0.2, 0.25) is 0 Å². The number of nitrogens with zero attached hydrogens (tertiary/aromatic N) is 1. The van der Waals surface area contributed by atoms with Crippen molar-refractivity contribution in [2.24, 2.45) is 0 Å². The molecule has 1 amide bonds. The van der Waals surface area contributed by atoms with E-state index in [2.05, 4.69) is 5.32 Å². The van der Waals surface area contributed by atoms with Gasteiger partial charge >= 0.3 is 0 Å². The van der Waals surface area contributed by atoms with Crippen LogP contribution in [0, 0.1) is 11.3 Å². The summed E-state index contributed by atoms with van der Waals surface area (Å²) in [5, 5.41) is 12.0. The number of rotatable bonds is 4. The molecule has 0 bridgehead atoms. The number of furan rings is 1. The summed E-state index contributed by atoms with van der Waals surface area (Å²) in [7, 11) is 0. The minimum absolute atomic E-state index is 0.159. The first-order valence-corrected chi connectivity index (χ1v) is 5.44. The second-order valence-electron chi connectivity index (χ2n) is 3.66. The number of amides is 1. The zero-order chi connectivity index (χ0) is 12.1. The Morgan fingerprint density at radius 3 is 3.06 bits per heavy atom. The highest BCUT2D eigenvalue weighted by Crippen LogP contribution is 2.20. The largest absolute Gasteiger partial charge is 0.463 e. The molecule has 1 aromatic heterocycles. The quantitative estimate of drug-likeness (QED) is 0.817. The van der Waals surface area contributed by atoms with E-state index in [1.165, 1.54) is 6.26 Å². The molecule has 0 unspecified atom stereocenters. The first-order chi connectivity index (χ1) is 8.33. The Labute approximate surface area is 98.8 Å². The molecule has 0 fully saturated rings. The number of nitrogens with one attached hydrogen (secondary N) is 1. The van der Waals surface area contributed by atoms with Gasteiger partial charge in [-0.2, -0.15) is 5.26 Å². The monoisotopic (exact) mass is 228 g/mol. The molecule has 0 atom stereocenters. The maximum atomic E-state index is 11.8. The maximum absolute atomic E-state index is 11.8. The second-order valence-corrected chi connectivity index (χ2v) is 3.66. The fourth-order valence-electron chi connectivity index (χ4n) is 1.62. The van der Waals surface area contributed by atoms with Gasteiger partial charge in [-0.25, -0.2) is 0 Å². The fourth-order valence-corrected chi connectivity index (χ4v) is 1.62. The van der Waals surface area contributed by atoms with Crippen LogP contribution in [0.1, 0.15) is 23.2 Å². The molecule has 0 radical (unpaired) electrons. The number of para-hydroxylation sites is 1. The molecule has 0 aliphatic rings. The topological polar surface area (TPSA) is 66.0 Å². The normalized spacial score (nSPS) is 10.1. The molecule has 2 rings (SSSR count). The predicted molar refractivity (Wildman–Crippen MR) is 63.4 cm³/mol. The molecule has 0 saturated heterocycles. The van der Waals surface area contributed by atoms with Crippen LogP contribution in [0.3, 0.4) is 0 Å². The van der Waals surface area contributed by atoms with Crippen molar-refractivity contribution in [1.29, 1.82) is 5.26 Å². The summed E-state index contributed by atoms with van der Waals surface area (Å²) >= 11 is 0. The van der Waals surface area contributed by atoms with Gasteiger partial charge in [0, 0.05) is 18.4 Å². The van der Waals surface area contributed by atoms with Crippen molar-refractivity contribution in [3.8, 4) is 6.07 Å². The molecule has 86 valence electrons. The number of nitriles is 1. The van der Waals surface area contributed by atoms with Gasteiger partial charge in [-0.05, 0) is 12.5 Å². The van der Waals surface area contributed by atoms with Crippen LogP contribution in [0.4, 0.5) is 0 Å². The molecular formula is C13H12N2O2. The molecule has 2 aromatic rings. The number of benzene rings is 1. The number of hydrogen-bond donors (Lipinski definition) is 1. The number of unbranched alkanes of at least 4 members (excludes halogenated alkanes) is 1. The molecule has 0 aliphatic carbocycles. The van der Waals surface area contributed by atoms with Crippen LogP contribution >= 0.6 is 0 Å². The van der Waals surface area contributed by atoms with E-state index in [0.29, 0.717) is 30.5 Å². The molecule has 17 heavy (non-hydrogen) atoms. The Kier molecular flexibility index (Phi) is 3.41. The SMILES string of the molecule is N#CCCCNC(=O)c1coc2ccccc12. The second kappa shape index (κ2) is 5.17. The van der Waals surface area contributed by atoms with Gasteiger partial charge in [-0.15, -0.1) is 0 Å². The van der Waals surface area contributed by atoms with Crippen molar-refractivity contribution < 1.29 is 9.21 Å². The Morgan fingerprint density at radius 1 is 1.41 bits per heavy atom.